The number of thiophene rings is 1. The number of rotatable bonds is 18. The summed E-state index contributed by atoms with van der Waals surface area (Å²) in [5.41, 5.74) is -4.80. The highest BCUT2D eigenvalue weighted by Crippen LogP contribution is 2.59. The van der Waals surface area contributed by atoms with E-state index in [4.69, 9.17) is 4.74 Å². The molecule has 4 aliphatic rings. The van der Waals surface area contributed by atoms with Gasteiger partial charge in [0.25, 0.3) is 17.7 Å². The Morgan fingerprint density at radius 3 is 2.31 bits per heavy atom. The van der Waals surface area contributed by atoms with Crippen LogP contribution in [0.1, 0.15) is 138 Å². The largest absolute Gasteiger partial charge is 0.399 e. The molecule has 3 saturated heterocycles. The zero-order chi connectivity index (χ0) is 58.4. The van der Waals surface area contributed by atoms with E-state index < -0.39 is 108 Å². The minimum Gasteiger partial charge on any atom is -0.370 e. The topological polar surface area (TPSA) is 269 Å². The molecule has 1 aromatic heterocycles. The lowest BCUT2D eigenvalue weighted by Gasteiger charge is -2.45. The fourth-order valence-electron chi connectivity index (χ4n) is 10.3. The summed E-state index contributed by atoms with van der Waals surface area (Å²) < 4.78 is 47.2. The molecule has 0 saturated carbocycles. The Labute approximate surface area is 470 Å². The van der Waals surface area contributed by atoms with Gasteiger partial charge in [-0.3, -0.25) is 57.9 Å². The van der Waals surface area contributed by atoms with Crippen LogP contribution in [0.5, 0.6) is 0 Å². The minimum atomic E-state index is -5.87. The molecule has 3 fully saturated rings. The van der Waals surface area contributed by atoms with Crippen LogP contribution in [0.4, 0.5) is 8.78 Å². The van der Waals surface area contributed by atoms with E-state index in [9.17, 15) is 66.3 Å². The average molecular weight is 1160 g/mol. The van der Waals surface area contributed by atoms with E-state index in [-0.39, 0.29) is 73.6 Å². The maximum absolute atomic E-state index is 14.9. The number of piperazine rings is 1. The van der Waals surface area contributed by atoms with Gasteiger partial charge in [-0.15, -0.1) is 11.3 Å². The molecule has 4 atom stereocenters. The van der Waals surface area contributed by atoms with Crippen LogP contribution >= 0.6 is 18.9 Å². The molecule has 8 rings (SSSR count). The monoisotopic (exact) mass is 1160 g/mol. The van der Waals surface area contributed by atoms with E-state index in [1.165, 1.54) is 28.0 Å². The van der Waals surface area contributed by atoms with Gasteiger partial charge in [0.1, 0.15) is 30.7 Å². The minimum absolute atomic E-state index is 0.0220. The molecule has 5 heterocycles. The van der Waals surface area contributed by atoms with Gasteiger partial charge in [-0.2, -0.15) is 8.78 Å². The maximum Gasteiger partial charge on any atom is 0.399 e. The number of amides is 9. The van der Waals surface area contributed by atoms with Gasteiger partial charge in [0, 0.05) is 54.8 Å². The number of imide groups is 2. The van der Waals surface area contributed by atoms with Gasteiger partial charge in [0.05, 0.1) is 35.7 Å². The number of alkyl halides is 2. The predicted molar refractivity (Wildman–Crippen MR) is 292 cm³/mol. The van der Waals surface area contributed by atoms with Crippen LogP contribution in [0.25, 0.3) is 10.1 Å². The molecule has 4 aromatic rings. The standard InChI is InChI=1S/C57H64F2N7O13PS/c1-56(2,3)49(62-51(71)44-31-37-30-38(21-23-43(37)81-44)57(58,59)80(76,77)78)55(75)65-27-26-63(33-41(65)53(73)64-28-29-79-42(34-64)35-16-12-10-13-17-35)47(69)32-46(68)60-25-14-9-7-5-4-6-8-11-18-36-19-15-20-39-48(36)54(74)66(52(39)72)40-22-24-45(67)61-50(40)70/h10,12-13,15-17,19-21,23,30-31,40-42,49H,4-9,14,22,24-29,32-34H2,1-3H3,(H,60,68)(H,62,71)(H,61,67,70)(H2,76,77,78)/t40?,41-,42-,49+/m0/s1. The Morgan fingerprint density at radius 2 is 1.59 bits per heavy atom. The van der Waals surface area contributed by atoms with Crippen molar-refractivity contribution in [3.63, 3.8) is 0 Å². The van der Waals surface area contributed by atoms with Gasteiger partial charge in [0.2, 0.25) is 35.4 Å². The van der Waals surface area contributed by atoms with Crippen LogP contribution in [-0.2, 0) is 43.7 Å². The fraction of sp³-hybridized carbons (Fsp3) is 0.456. The van der Waals surface area contributed by atoms with Crippen molar-refractivity contribution in [2.45, 2.75) is 115 Å². The lowest BCUT2D eigenvalue weighted by molar-refractivity contribution is -0.158. The van der Waals surface area contributed by atoms with Gasteiger partial charge in [-0.05, 0) is 66.0 Å². The maximum atomic E-state index is 14.9. The molecule has 81 heavy (non-hydrogen) atoms. The first-order valence-electron chi connectivity index (χ1n) is 26.9. The SMILES string of the molecule is CC(C)(C)[C@H](NC(=O)c1cc2cc(C(F)(F)P(=O)(O)O)ccc2s1)C(=O)N1CCN(C(=O)CC(=O)NCCCCCCCCC#Cc2cccc3c2C(=O)N(C2CCC(=O)NC2=O)C3=O)C[C@H]1C(=O)N1CCO[C@H](c2ccccc2)C1. The molecule has 430 valence electrons. The Bertz CT molecular complexity index is 3240. The summed E-state index contributed by atoms with van der Waals surface area (Å²) in [6.07, 6.45) is 4.60. The van der Waals surface area contributed by atoms with Crippen LogP contribution < -0.4 is 16.0 Å². The molecule has 3 aromatic carbocycles. The van der Waals surface area contributed by atoms with E-state index >= 15 is 0 Å². The second-order valence-electron chi connectivity index (χ2n) is 21.5. The molecular weight excluding hydrogens is 1090 g/mol. The Morgan fingerprint density at radius 1 is 0.864 bits per heavy atom. The number of morpholine rings is 1. The van der Waals surface area contributed by atoms with E-state index in [1.54, 1.807) is 37.8 Å². The molecular formula is C57H64F2N7O13PS. The summed E-state index contributed by atoms with van der Waals surface area (Å²) in [6.45, 7) is 5.66. The van der Waals surface area contributed by atoms with Gasteiger partial charge in [-0.1, -0.05) is 101 Å². The van der Waals surface area contributed by atoms with Crippen LogP contribution in [0.3, 0.4) is 0 Å². The molecule has 5 N–H and O–H groups in total. The van der Waals surface area contributed by atoms with Gasteiger partial charge in [-0.25, -0.2) is 0 Å². The van der Waals surface area contributed by atoms with Crippen LogP contribution in [0, 0.1) is 17.3 Å². The third kappa shape index (κ3) is 13.8. The zero-order valence-electron chi connectivity index (χ0n) is 45.0. The van der Waals surface area contributed by atoms with Crippen LogP contribution in [0.2, 0.25) is 0 Å². The summed E-state index contributed by atoms with van der Waals surface area (Å²) >= 11 is 0.924. The highest BCUT2D eigenvalue weighted by molar-refractivity contribution is 7.52. The summed E-state index contributed by atoms with van der Waals surface area (Å²) in [5.74, 6) is 0.932. The second-order valence-corrected chi connectivity index (χ2v) is 24.3. The number of halogens is 2. The van der Waals surface area contributed by atoms with Crippen LogP contribution in [0.15, 0.2) is 72.8 Å². The number of ether oxygens (including phenoxy) is 1. The summed E-state index contributed by atoms with van der Waals surface area (Å²) in [7, 11) is -5.87. The molecule has 4 aliphatic heterocycles. The highest BCUT2D eigenvalue weighted by atomic mass is 32.1. The average Bonchev–Trinajstić information content (AvgIpc) is 4.17. The first kappa shape index (κ1) is 59.9. The first-order chi connectivity index (χ1) is 38.4. The molecule has 20 nitrogen and oxygen atoms in total. The summed E-state index contributed by atoms with van der Waals surface area (Å²) in [6, 6.07) is 14.9. The summed E-state index contributed by atoms with van der Waals surface area (Å²) in [5, 5.41) is 7.92. The number of fused-ring (bicyclic) bond motifs is 2. The Kier molecular flexibility index (Phi) is 18.7. The molecule has 24 heteroatoms. The number of piperidine rings is 1. The second kappa shape index (κ2) is 25.3. The van der Waals surface area contributed by atoms with Crippen LogP contribution in [-0.4, -0.2) is 147 Å². The van der Waals surface area contributed by atoms with Crippen molar-refractivity contribution in [3.8, 4) is 11.8 Å². The van der Waals surface area contributed by atoms with Crippen molar-refractivity contribution < 1.29 is 71.0 Å². The number of nitrogens with one attached hydrogen (secondary N) is 3. The molecule has 0 aliphatic carbocycles. The third-order valence-electron chi connectivity index (χ3n) is 14.7. The Balaban J connectivity index is 0.830. The quantitative estimate of drug-likeness (QED) is 0.0267. The number of nitrogens with zero attached hydrogens (tertiary/aromatic N) is 4. The van der Waals surface area contributed by atoms with Gasteiger partial charge < -0.3 is 39.9 Å². The lowest BCUT2D eigenvalue weighted by atomic mass is 9.85. The normalized spacial score (nSPS) is 19.2. The number of carbonyl (C=O) groups excluding carboxylic acids is 9. The van der Waals surface area contributed by atoms with E-state index in [0.717, 1.165) is 66.0 Å². The number of unbranched alkanes of at least 4 members (excludes halogenated alkanes) is 6. The molecule has 0 radical (unpaired) electrons. The van der Waals surface area contributed by atoms with E-state index in [2.05, 4.69) is 27.8 Å². The number of benzene rings is 3. The number of carbonyl (C=O) groups is 9. The van der Waals surface area contributed by atoms with Crippen molar-refractivity contribution in [2.24, 2.45) is 5.41 Å². The van der Waals surface area contributed by atoms with Crippen molar-refractivity contribution in [1.29, 1.82) is 0 Å². The number of hydrogen-bond acceptors (Lipinski definition) is 12. The van der Waals surface area contributed by atoms with Crippen molar-refractivity contribution in [2.75, 3.05) is 45.9 Å². The lowest BCUT2D eigenvalue weighted by Crippen LogP contribution is -2.66. The predicted octanol–water partition coefficient (Wildman–Crippen LogP) is 5.60. The van der Waals surface area contributed by atoms with Crippen molar-refractivity contribution in [3.05, 3.63) is 105 Å². The first-order valence-corrected chi connectivity index (χ1v) is 29.3. The fourth-order valence-corrected chi connectivity index (χ4v) is 11.7. The summed E-state index contributed by atoms with van der Waals surface area (Å²) in [4.78, 5) is 145. The molecule has 0 bridgehead atoms. The molecule has 1 unspecified atom stereocenters. The zero-order valence-corrected chi connectivity index (χ0v) is 46.8. The van der Waals surface area contributed by atoms with Gasteiger partial charge >= 0.3 is 13.3 Å². The van der Waals surface area contributed by atoms with E-state index in [1.807, 2.05) is 30.3 Å². The third-order valence-corrected chi connectivity index (χ3v) is 16.9. The molecule has 9 amide bonds. The van der Waals surface area contributed by atoms with Crippen molar-refractivity contribution >= 4 is 82.2 Å². The Hall–Kier alpha value is -7.22. The van der Waals surface area contributed by atoms with Crippen molar-refractivity contribution in [1.82, 2.24) is 35.6 Å². The number of hydrogen-bond donors (Lipinski definition) is 5. The van der Waals surface area contributed by atoms with Gasteiger partial charge in [0.15, 0.2) is 0 Å². The smallest absolute Gasteiger partial charge is 0.370 e. The molecule has 0 spiro atoms. The van der Waals surface area contributed by atoms with E-state index in [0.29, 0.717) is 29.6 Å². The highest BCUT2D eigenvalue weighted by Gasteiger charge is 2.51.